The van der Waals surface area contributed by atoms with E-state index in [1.54, 1.807) is 0 Å². The van der Waals surface area contributed by atoms with Crippen molar-refractivity contribution in [1.82, 2.24) is 5.32 Å². The first-order valence-electron chi connectivity index (χ1n) is 14.7. The number of hydrogen-bond acceptors (Lipinski definition) is 2. The van der Waals surface area contributed by atoms with Crippen molar-refractivity contribution in [2.24, 2.45) is 5.92 Å². The van der Waals surface area contributed by atoms with E-state index >= 15 is 0 Å². The van der Waals surface area contributed by atoms with Gasteiger partial charge in [-0.2, -0.15) is 0 Å². The monoisotopic (exact) mass is 538 g/mol. The van der Waals surface area contributed by atoms with Gasteiger partial charge < -0.3 is 5.32 Å². The van der Waals surface area contributed by atoms with Crippen LogP contribution in [0, 0.1) is 11.3 Å². The summed E-state index contributed by atoms with van der Waals surface area (Å²) in [6, 6.07) is 46.9. The summed E-state index contributed by atoms with van der Waals surface area (Å²) in [4.78, 5) is 0. The molecule has 6 aromatic carbocycles. The van der Waals surface area contributed by atoms with E-state index in [0.29, 0.717) is 11.6 Å². The molecule has 6 aromatic rings. The molecule has 0 bridgehead atoms. The molecule has 2 heteroatoms. The summed E-state index contributed by atoms with van der Waals surface area (Å²) in [5.74, 6) is 0.561. The second-order valence-electron chi connectivity index (χ2n) is 11.3. The molecule has 8 rings (SSSR count). The molecule has 1 heterocycles. The molecule has 2 aliphatic rings. The third-order valence-electron chi connectivity index (χ3n) is 8.63. The molecule has 0 atom stereocenters. The maximum atomic E-state index is 10.1. The summed E-state index contributed by atoms with van der Waals surface area (Å²) in [6.45, 7) is 0. The smallest absolute Gasteiger partial charge is 0.0724 e. The van der Waals surface area contributed by atoms with Crippen LogP contribution in [0.15, 0.2) is 139 Å². The van der Waals surface area contributed by atoms with Crippen LogP contribution in [-0.2, 0) is 0 Å². The van der Waals surface area contributed by atoms with Crippen LogP contribution in [-0.4, -0.2) is 5.71 Å². The number of allylic oxidation sites excluding steroid dienone is 2. The average molecular weight is 539 g/mol. The van der Waals surface area contributed by atoms with Crippen molar-refractivity contribution >= 4 is 44.6 Å². The lowest BCUT2D eigenvalue weighted by Gasteiger charge is -2.27. The van der Waals surface area contributed by atoms with Gasteiger partial charge >= 0.3 is 0 Å². The Morgan fingerprint density at radius 2 is 1.14 bits per heavy atom. The van der Waals surface area contributed by atoms with Crippen molar-refractivity contribution < 1.29 is 0 Å². The second kappa shape index (κ2) is 10.0. The molecule has 0 radical (unpaired) electrons. The summed E-state index contributed by atoms with van der Waals surface area (Å²) in [7, 11) is 0. The lowest BCUT2D eigenvalue weighted by molar-refractivity contribution is 0.898. The molecule has 0 aromatic heterocycles. The van der Waals surface area contributed by atoms with E-state index in [9.17, 15) is 5.41 Å². The highest BCUT2D eigenvalue weighted by Gasteiger charge is 2.31. The molecular weight excluding hydrogens is 508 g/mol. The molecule has 0 unspecified atom stereocenters. The Labute approximate surface area is 246 Å². The van der Waals surface area contributed by atoms with Crippen LogP contribution in [0.1, 0.15) is 35.1 Å². The summed E-state index contributed by atoms with van der Waals surface area (Å²) in [5, 5.41) is 18.5. The number of rotatable bonds is 5. The number of nitrogens with one attached hydrogen (secondary N) is 2. The van der Waals surface area contributed by atoms with E-state index in [-0.39, 0.29) is 0 Å². The highest BCUT2D eigenvalue weighted by molar-refractivity contribution is 6.42. The van der Waals surface area contributed by atoms with Crippen LogP contribution in [0.25, 0.3) is 50.0 Å². The third-order valence-corrected chi connectivity index (χ3v) is 8.63. The Morgan fingerprint density at radius 1 is 0.595 bits per heavy atom. The van der Waals surface area contributed by atoms with Gasteiger partial charge in [0.05, 0.1) is 11.4 Å². The molecule has 2 nitrogen and oxygen atoms in total. The Kier molecular flexibility index (Phi) is 5.86. The zero-order chi connectivity index (χ0) is 28.0. The molecule has 1 fully saturated rings. The second-order valence-corrected chi connectivity index (χ2v) is 11.3. The molecule has 0 saturated heterocycles. The zero-order valence-corrected chi connectivity index (χ0v) is 23.3. The molecule has 1 aliphatic heterocycles. The number of fused-ring (bicyclic) bond motifs is 3. The minimum Gasteiger partial charge on any atom is -0.358 e. The first-order valence-corrected chi connectivity index (χ1v) is 14.7. The summed E-state index contributed by atoms with van der Waals surface area (Å²) in [6.07, 6.45) is 4.73. The topological polar surface area (TPSA) is 35.9 Å². The Bertz CT molecular complexity index is 2010. The van der Waals surface area contributed by atoms with Crippen molar-refractivity contribution in [3.8, 4) is 11.1 Å². The van der Waals surface area contributed by atoms with Crippen molar-refractivity contribution in [1.29, 1.82) is 5.41 Å². The first kappa shape index (κ1) is 24.6. The highest BCUT2D eigenvalue weighted by atomic mass is 14.9. The van der Waals surface area contributed by atoms with Gasteiger partial charge in [0.1, 0.15) is 0 Å². The fraction of sp³-hybridized carbons (Fsp3) is 0.0750. The van der Waals surface area contributed by atoms with Gasteiger partial charge in [-0.25, -0.2) is 0 Å². The molecule has 2 N–H and O–H groups in total. The van der Waals surface area contributed by atoms with E-state index in [0.717, 1.165) is 49.5 Å². The Hall–Kier alpha value is -5.21. The molecule has 1 saturated carbocycles. The van der Waals surface area contributed by atoms with Gasteiger partial charge in [-0.05, 0) is 68.6 Å². The SMILES string of the molecule is N=C(/C(=C1\NC(C2CC2)=Cc2ccccc21)c1ccccc1)c1c2ccccc2c(-c2ccccc2)c2ccccc12. The van der Waals surface area contributed by atoms with Crippen LogP contribution >= 0.6 is 0 Å². The average Bonchev–Trinajstić information content (AvgIpc) is 3.90. The summed E-state index contributed by atoms with van der Waals surface area (Å²) in [5.41, 5.74) is 10.5. The van der Waals surface area contributed by atoms with E-state index in [4.69, 9.17) is 0 Å². The maximum Gasteiger partial charge on any atom is 0.0724 e. The van der Waals surface area contributed by atoms with Crippen LogP contribution in [0.2, 0.25) is 0 Å². The van der Waals surface area contributed by atoms with Gasteiger partial charge in [0.25, 0.3) is 0 Å². The molecular formula is C40H30N2. The highest BCUT2D eigenvalue weighted by Crippen LogP contribution is 2.44. The number of hydrogen-bond donors (Lipinski definition) is 2. The lowest BCUT2D eigenvalue weighted by Crippen LogP contribution is -2.22. The zero-order valence-electron chi connectivity index (χ0n) is 23.3. The van der Waals surface area contributed by atoms with E-state index < -0.39 is 0 Å². The predicted molar refractivity (Wildman–Crippen MR) is 177 cm³/mol. The fourth-order valence-corrected chi connectivity index (χ4v) is 6.53. The molecule has 0 amide bonds. The van der Waals surface area contributed by atoms with Gasteiger partial charge in [0, 0.05) is 22.4 Å². The van der Waals surface area contributed by atoms with Crippen molar-refractivity contribution in [3.05, 3.63) is 161 Å². The lowest BCUT2D eigenvalue weighted by atomic mass is 9.82. The predicted octanol–water partition coefficient (Wildman–Crippen LogP) is 9.95. The van der Waals surface area contributed by atoms with Crippen LogP contribution < -0.4 is 5.32 Å². The van der Waals surface area contributed by atoms with E-state index in [1.807, 2.05) is 6.07 Å². The third kappa shape index (κ3) is 4.07. The van der Waals surface area contributed by atoms with Crippen LogP contribution in [0.4, 0.5) is 0 Å². The molecule has 1 aliphatic carbocycles. The maximum absolute atomic E-state index is 10.1. The standard InChI is InChI=1S/C40H30N2/c41-39(37(28-15-5-2-6-16-28)40-30-18-8-7-17-29(30)25-35(42-40)26-23-24-26)38-33-21-11-9-19-31(33)36(27-13-3-1-4-14-27)32-20-10-12-22-34(32)38/h1-22,25-26,41-42H,23-24H2/b40-37-,41-39?. The molecule has 42 heavy (non-hydrogen) atoms. The van der Waals surface area contributed by atoms with Gasteiger partial charge in [0.15, 0.2) is 0 Å². The largest absolute Gasteiger partial charge is 0.358 e. The van der Waals surface area contributed by atoms with Crippen molar-refractivity contribution in [3.63, 3.8) is 0 Å². The van der Waals surface area contributed by atoms with Crippen LogP contribution in [0.5, 0.6) is 0 Å². The van der Waals surface area contributed by atoms with E-state index in [2.05, 4.69) is 139 Å². The van der Waals surface area contributed by atoms with Crippen molar-refractivity contribution in [2.75, 3.05) is 0 Å². The van der Waals surface area contributed by atoms with Gasteiger partial charge in [-0.3, -0.25) is 5.41 Å². The number of benzene rings is 6. The van der Waals surface area contributed by atoms with Gasteiger partial charge in [0.2, 0.25) is 0 Å². The minimum atomic E-state index is 0.530. The Morgan fingerprint density at radius 3 is 1.79 bits per heavy atom. The summed E-state index contributed by atoms with van der Waals surface area (Å²) >= 11 is 0. The Balaban J connectivity index is 1.46. The van der Waals surface area contributed by atoms with Crippen LogP contribution in [0.3, 0.4) is 0 Å². The molecule has 200 valence electrons. The normalized spacial score (nSPS) is 15.6. The van der Waals surface area contributed by atoms with E-state index in [1.165, 1.54) is 35.2 Å². The van der Waals surface area contributed by atoms with Crippen molar-refractivity contribution in [2.45, 2.75) is 12.8 Å². The minimum absolute atomic E-state index is 0.530. The quantitative estimate of drug-likeness (QED) is 0.166. The first-order chi connectivity index (χ1) is 20.8. The fourth-order valence-electron chi connectivity index (χ4n) is 6.53. The molecule has 0 spiro atoms. The van der Waals surface area contributed by atoms with Gasteiger partial charge in [-0.1, -0.05) is 133 Å². The van der Waals surface area contributed by atoms with Gasteiger partial charge in [-0.15, -0.1) is 0 Å². The summed E-state index contributed by atoms with van der Waals surface area (Å²) < 4.78 is 0.